The fourth-order valence-corrected chi connectivity index (χ4v) is 1.85. The molecule has 3 nitrogen and oxygen atoms in total. The first kappa shape index (κ1) is 14.0. The molecule has 1 rings (SSSR count). The van der Waals surface area contributed by atoms with Crippen molar-refractivity contribution in [2.75, 3.05) is 6.54 Å². The Morgan fingerprint density at radius 3 is 2.76 bits per heavy atom. The van der Waals surface area contributed by atoms with Crippen LogP contribution < -0.4 is 10.1 Å². The summed E-state index contributed by atoms with van der Waals surface area (Å²) >= 11 is 0. The summed E-state index contributed by atoms with van der Waals surface area (Å²) < 4.78 is 5.95. The molecule has 1 unspecified atom stereocenters. The molecule has 0 radical (unpaired) electrons. The van der Waals surface area contributed by atoms with Crippen LogP contribution in [0.5, 0.6) is 5.75 Å². The molecule has 1 aromatic rings. The fraction of sp³-hybridized carbons (Fsp3) is 0.643. The van der Waals surface area contributed by atoms with Gasteiger partial charge in [0.15, 0.2) is 0 Å². The van der Waals surface area contributed by atoms with E-state index in [9.17, 15) is 0 Å². The Kier molecular flexibility index (Phi) is 5.98. The fourth-order valence-electron chi connectivity index (χ4n) is 1.85. The molecule has 96 valence electrons. The highest BCUT2D eigenvalue weighted by Gasteiger charge is 2.09. The zero-order chi connectivity index (χ0) is 12.7. The van der Waals surface area contributed by atoms with Crippen molar-refractivity contribution in [1.29, 1.82) is 0 Å². The molecule has 0 aliphatic rings. The summed E-state index contributed by atoms with van der Waals surface area (Å²) in [5.74, 6) is 1.56. The highest BCUT2D eigenvalue weighted by atomic mass is 16.5. The monoisotopic (exact) mass is 236 g/mol. The van der Waals surface area contributed by atoms with Gasteiger partial charge < -0.3 is 10.1 Å². The van der Waals surface area contributed by atoms with Crippen LogP contribution in [0.4, 0.5) is 0 Å². The van der Waals surface area contributed by atoms with Crippen molar-refractivity contribution in [3.05, 3.63) is 24.0 Å². The summed E-state index contributed by atoms with van der Waals surface area (Å²) in [4.78, 5) is 4.13. The van der Waals surface area contributed by atoms with Gasteiger partial charge in [0.05, 0.1) is 12.3 Å². The van der Waals surface area contributed by atoms with Crippen LogP contribution in [-0.2, 0) is 6.54 Å². The van der Waals surface area contributed by atoms with Crippen molar-refractivity contribution < 1.29 is 4.74 Å². The summed E-state index contributed by atoms with van der Waals surface area (Å²) in [6.07, 6.45) is 4.92. The van der Waals surface area contributed by atoms with E-state index in [1.807, 2.05) is 18.5 Å². The van der Waals surface area contributed by atoms with Crippen LogP contribution in [0.3, 0.4) is 0 Å². The molecule has 1 atom stereocenters. The maximum absolute atomic E-state index is 5.95. The third kappa shape index (κ3) is 5.18. The first-order chi connectivity index (χ1) is 8.13. The van der Waals surface area contributed by atoms with E-state index in [0.717, 1.165) is 25.3 Å². The van der Waals surface area contributed by atoms with E-state index in [-0.39, 0.29) is 6.10 Å². The lowest BCUT2D eigenvalue weighted by molar-refractivity contribution is 0.190. The molecule has 0 saturated carbocycles. The first-order valence-electron chi connectivity index (χ1n) is 6.43. The lowest BCUT2D eigenvalue weighted by Crippen LogP contribution is -2.18. The van der Waals surface area contributed by atoms with E-state index < -0.39 is 0 Å². The van der Waals surface area contributed by atoms with Gasteiger partial charge in [-0.25, -0.2) is 0 Å². The van der Waals surface area contributed by atoms with Crippen molar-refractivity contribution in [1.82, 2.24) is 10.3 Å². The van der Waals surface area contributed by atoms with Crippen LogP contribution in [0.15, 0.2) is 18.5 Å². The van der Waals surface area contributed by atoms with Crippen molar-refractivity contribution in [3.63, 3.8) is 0 Å². The molecule has 0 saturated heterocycles. The molecule has 0 spiro atoms. The highest BCUT2D eigenvalue weighted by Crippen LogP contribution is 2.19. The van der Waals surface area contributed by atoms with E-state index in [1.54, 1.807) is 0 Å². The normalized spacial score (nSPS) is 12.8. The number of pyridine rings is 1. The van der Waals surface area contributed by atoms with E-state index in [2.05, 4.69) is 38.0 Å². The lowest BCUT2D eigenvalue weighted by atomic mass is 10.1. The second-order valence-corrected chi connectivity index (χ2v) is 4.82. The van der Waals surface area contributed by atoms with Crippen molar-refractivity contribution in [3.8, 4) is 5.75 Å². The molecule has 0 amide bonds. The van der Waals surface area contributed by atoms with Gasteiger partial charge in [-0.3, -0.25) is 4.98 Å². The van der Waals surface area contributed by atoms with Gasteiger partial charge in [0.1, 0.15) is 5.75 Å². The Morgan fingerprint density at radius 1 is 1.35 bits per heavy atom. The molecule has 0 aliphatic heterocycles. The summed E-state index contributed by atoms with van der Waals surface area (Å²) in [6, 6.07) is 2.01. The second kappa shape index (κ2) is 7.28. The zero-order valence-electron chi connectivity index (χ0n) is 11.4. The molecular weight excluding hydrogens is 212 g/mol. The van der Waals surface area contributed by atoms with Gasteiger partial charge in [-0.05, 0) is 31.9 Å². The molecule has 0 aromatic carbocycles. The molecule has 1 aromatic heterocycles. The number of nitrogens with zero attached hydrogens (tertiary/aromatic N) is 1. The molecule has 0 fully saturated rings. The van der Waals surface area contributed by atoms with Crippen LogP contribution in [0.1, 0.15) is 39.7 Å². The maximum Gasteiger partial charge on any atom is 0.142 e. The number of ether oxygens (including phenoxy) is 1. The molecule has 1 N–H and O–H groups in total. The van der Waals surface area contributed by atoms with Crippen molar-refractivity contribution >= 4 is 0 Å². The van der Waals surface area contributed by atoms with Gasteiger partial charge in [0.25, 0.3) is 0 Å². The molecule has 17 heavy (non-hydrogen) atoms. The van der Waals surface area contributed by atoms with Gasteiger partial charge in [0, 0.05) is 18.3 Å². The summed E-state index contributed by atoms with van der Waals surface area (Å²) in [6.45, 7) is 10.4. The highest BCUT2D eigenvalue weighted by molar-refractivity contribution is 5.29. The first-order valence-corrected chi connectivity index (χ1v) is 6.43. The topological polar surface area (TPSA) is 34.2 Å². The smallest absolute Gasteiger partial charge is 0.142 e. The van der Waals surface area contributed by atoms with Crippen LogP contribution in [0.2, 0.25) is 0 Å². The van der Waals surface area contributed by atoms with Gasteiger partial charge >= 0.3 is 0 Å². The Labute approximate surface area is 105 Å². The predicted molar refractivity (Wildman–Crippen MR) is 71.2 cm³/mol. The summed E-state index contributed by atoms with van der Waals surface area (Å²) in [5.41, 5.74) is 1.18. The average Bonchev–Trinajstić information content (AvgIpc) is 2.26. The molecule has 0 bridgehead atoms. The Bertz CT molecular complexity index is 326. The standard InChI is InChI=1S/C14H24N2O/c1-5-15-9-13-6-7-16-10-14(13)17-12(4)8-11(2)3/h6-7,10-12,15H,5,8-9H2,1-4H3. The third-order valence-corrected chi connectivity index (χ3v) is 2.57. The molecule has 0 aliphatic carbocycles. The molecular formula is C14H24N2O. The predicted octanol–water partition coefficient (Wildman–Crippen LogP) is 3.00. The van der Waals surface area contributed by atoms with Gasteiger partial charge in [-0.1, -0.05) is 20.8 Å². The SMILES string of the molecule is CCNCc1ccncc1OC(C)CC(C)C. The van der Waals surface area contributed by atoms with Crippen molar-refractivity contribution in [2.45, 2.75) is 46.8 Å². The van der Waals surface area contributed by atoms with Gasteiger partial charge in [-0.15, -0.1) is 0 Å². The van der Waals surface area contributed by atoms with Crippen LogP contribution in [-0.4, -0.2) is 17.6 Å². The van der Waals surface area contributed by atoms with Gasteiger partial charge in [-0.2, -0.15) is 0 Å². The molecule has 3 heteroatoms. The lowest BCUT2D eigenvalue weighted by Gasteiger charge is -2.18. The minimum absolute atomic E-state index is 0.236. The number of hydrogen-bond acceptors (Lipinski definition) is 3. The van der Waals surface area contributed by atoms with Crippen LogP contribution in [0, 0.1) is 5.92 Å². The van der Waals surface area contributed by atoms with Crippen LogP contribution in [0.25, 0.3) is 0 Å². The maximum atomic E-state index is 5.95. The van der Waals surface area contributed by atoms with Crippen molar-refractivity contribution in [2.24, 2.45) is 5.92 Å². The minimum atomic E-state index is 0.236. The van der Waals surface area contributed by atoms with Gasteiger partial charge in [0.2, 0.25) is 0 Å². The van der Waals surface area contributed by atoms with E-state index in [0.29, 0.717) is 5.92 Å². The average molecular weight is 236 g/mol. The van der Waals surface area contributed by atoms with E-state index in [1.165, 1.54) is 5.56 Å². The number of rotatable bonds is 7. The summed E-state index contributed by atoms with van der Waals surface area (Å²) in [5, 5.41) is 3.31. The van der Waals surface area contributed by atoms with E-state index in [4.69, 9.17) is 4.74 Å². The van der Waals surface area contributed by atoms with Crippen LogP contribution >= 0.6 is 0 Å². The second-order valence-electron chi connectivity index (χ2n) is 4.82. The van der Waals surface area contributed by atoms with E-state index >= 15 is 0 Å². The Morgan fingerprint density at radius 2 is 2.12 bits per heavy atom. The quantitative estimate of drug-likeness (QED) is 0.790. The summed E-state index contributed by atoms with van der Waals surface area (Å²) in [7, 11) is 0. The Balaban J connectivity index is 2.62. The third-order valence-electron chi connectivity index (χ3n) is 2.57. The minimum Gasteiger partial charge on any atom is -0.489 e. The number of hydrogen-bond donors (Lipinski definition) is 1. The Hall–Kier alpha value is -1.09. The number of aromatic nitrogens is 1. The molecule has 1 heterocycles. The number of nitrogens with one attached hydrogen (secondary N) is 1. The largest absolute Gasteiger partial charge is 0.489 e. The zero-order valence-corrected chi connectivity index (χ0v) is 11.4.